The Morgan fingerprint density at radius 1 is 1.56 bits per heavy atom. The molecular weight excluding hydrogens is 229 g/mol. The Morgan fingerprint density at radius 2 is 2.39 bits per heavy atom. The van der Waals surface area contributed by atoms with E-state index in [1.807, 2.05) is 0 Å². The van der Waals surface area contributed by atoms with Crippen molar-refractivity contribution in [1.82, 2.24) is 10.3 Å². The molecular formula is C14H22FN3. The van der Waals surface area contributed by atoms with Gasteiger partial charge in [0, 0.05) is 19.1 Å². The molecule has 0 aromatic carbocycles. The Bertz CT molecular complexity index is 366. The molecule has 0 bridgehead atoms. The second-order valence-electron chi connectivity index (χ2n) is 5.03. The van der Waals surface area contributed by atoms with E-state index in [2.05, 4.69) is 29.0 Å². The molecule has 0 aliphatic carbocycles. The van der Waals surface area contributed by atoms with Gasteiger partial charge in [0.15, 0.2) is 0 Å². The first-order chi connectivity index (χ1) is 8.70. The third kappa shape index (κ3) is 3.19. The van der Waals surface area contributed by atoms with E-state index in [4.69, 9.17) is 0 Å². The van der Waals surface area contributed by atoms with Gasteiger partial charge >= 0.3 is 0 Å². The largest absolute Gasteiger partial charge is 0.356 e. The number of aromatic nitrogens is 1. The number of pyridine rings is 1. The number of hydrogen-bond donors (Lipinski definition) is 1. The van der Waals surface area contributed by atoms with Crippen molar-refractivity contribution in [2.24, 2.45) is 5.92 Å². The van der Waals surface area contributed by atoms with Crippen LogP contribution in [0.25, 0.3) is 0 Å². The number of halogens is 1. The molecule has 1 aliphatic heterocycles. The molecule has 18 heavy (non-hydrogen) atoms. The fraction of sp³-hybridized carbons (Fsp3) is 0.643. The number of piperidine rings is 1. The van der Waals surface area contributed by atoms with E-state index in [9.17, 15) is 4.39 Å². The van der Waals surface area contributed by atoms with Crippen LogP contribution in [0.5, 0.6) is 0 Å². The van der Waals surface area contributed by atoms with Gasteiger partial charge in [-0.05, 0) is 44.4 Å². The van der Waals surface area contributed by atoms with Crippen molar-refractivity contribution in [3.8, 4) is 0 Å². The summed E-state index contributed by atoms with van der Waals surface area (Å²) in [4.78, 5) is 6.44. The molecule has 2 unspecified atom stereocenters. The highest BCUT2D eigenvalue weighted by atomic mass is 19.1. The predicted molar refractivity (Wildman–Crippen MR) is 72.3 cm³/mol. The molecule has 0 spiro atoms. The van der Waals surface area contributed by atoms with Gasteiger partial charge < -0.3 is 10.2 Å². The van der Waals surface area contributed by atoms with Crippen LogP contribution in [0.2, 0.25) is 0 Å². The molecule has 0 radical (unpaired) electrons. The van der Waals surface area contributed by atoms with Crippen molar-refractivity contribution in [3.05, 3.63) is 24.1 Å². The lowest BCUT2D eigenvalue weighted by molar-refractivity contribution is 0.323. The minimum atomic E-state index is -0.270. The Labute approximate surface area is 108 Å². The first-order valence-corrected chi connectivity index (χ1v) is 6.80. The SMILES string of the molecule is CCNC(C)C1CCCN(c2ccc(F)cn2)C1. The van der Waals surface area contributed by atoms with Crippen molar-refractivity contribution < 1.29 is 4.39 Å². The minimum absolute atomic E-state index is 0.270. The molecule has 1 aromatic heterocycles. The molecule has 2 heterocycles. The number of anilines is 1. The van der Waals surface area contributed by atoms with Crippen LogP contribution >= 0.6 is 0 Å². The normalized spacial score (nSPS) is 21.9. The van der Waals surface area contributed by atoms with E-state index in [0.29, 0.717) is 12.0 Å². The molecule has 1 aliphatic rings. The van der Waals surface area contributed by atoms with Crippen LogP contribution in [0.1, 0.15) is 26.7 Å². The summed E-state index contributed by atoms with van der Waals surface area (Å²) in [7, 11) is 0. The zero-order valence-electron chi connectivity index (χ0n) is 11.2. The van der Waals surface area contributed by atoms with Gasteiger partial charge in [-0.2, -0.15) is 0 Å². The van der Waals surface area contributed by atoms with Crippen molar-refractivity contribution >= 4 is 5.82 Å². The lowest BCUT2D eigenvalue weighted by Crippen LogP contribution is -2.44. The summed E-state index contributed by atoms with van der Waals surface area (Å²) in [5.41, 5.74) is 0. The maximum absolute atomic E-state index is 12.9. The van der Waals surface area contributed by atoms with Crippen molar-refractivity contribution in [2.75, 3.05) is 24.5 Å². The fourth-order valence-corrected chi connectivity index (χ4v) is 2.67. The highest BCUT2D eigenvalue weighted by Gasteiger charge is 2.24. The summed E-state index contributed by atoms with van der Waals surface area (Å²) in [5, 5.41) is 3.49. The Morgan fingerprint density at radius 3 is 3.06 bits per heavy atom. The highest BCUT2D eigenvalue weighted by molar-refractivity contribution is 5.38. The molecule has 1 N–H and O–H groups in total. The van der Waals surface area contributed by atoms with Gasteiger partial charge in [-0.15, -0.1) is 0 Å². The van der Waals surface area contributed by atoms with Crippen LogP contribution < -0.4 is 10.2 Å². The van der Waals surface area contributed by atoms with Gasteiger partial charge in [-0.25, -0.2) is 9.37 Å². The third-order valence-corrected chi connectivity index (χ3v) is 3.73. The highest BCUT2D eigenvalue weighted by Crippen LogP contribution is 2.23. The van der Waals surface area contributed by atoms with Crippen LogP contribution in [-0.2, 0) is 0 Å². The molecule has 4 heteroatoms. The Hall–Kier alpha value is -1.16. The molecule has 0 amide bonds. The second-order valence-corrected chi connectivity index (χ2v) is 5.03. The molecule has 2 atom stereocenters. The molecule has 2 rings (SSSR count). The van der Waals surface area contributed by atoms with E-state index >= 15 is 0 Å². The van der Waals surface area contributed by atoms with E-state index in [-0.39, 0.29) is 5.82 Å². The summed E-state index contributed by atoms with van der Waals surface area (Å²) >= 11 is 0. The Kier molecular flexibility index (Phi) is 4.53. The fourth-order valence-electron chi connectivity index (χ4n) is 2.67. The molecule has 0 saturated carbocycles. The van der Waals surface area contributed by atoms with Crippen molar-refractivity contribution in [1.29, 1.82) is 0 Å². The lowest BCUT2D eigenvalue weighted by Gasteiger charge is -2.36. The summed E-state index contributed by atoms with van der Waals surface area (Å²) < 4.78 is 12.9. The number of nitrogens with one attached hydrogen (secondary N) is 1. The lowest BCUT2D eigenvalue weighted by atomic mass is 9.91. The Balaban J connectivity index is 2.00. The van der Waals surface area contributed by atoms with Gasteiger partial charge in [0.05, 0.1) is 6.20 Å². The smallest absolute Gasteiger partial charge is 0.141 e. The average Bonchev–Trinajstić information content (AvgIpc) is 2.40. The van der Waals surface area contributed by atoms with Crippen molar-refractivity contribution in [2.45, 2.75) is 32.7 Å². The molecule has 100 valence electrons. The maximum atomic E-state index is 12.9. The van der Waals surface area contributed by atoms with Crippen LogP contribution in [0.3, 0.4) is 0 Å². The summed E-state index contributed by atoms with van der Waals surface area (Å²) in [6.45, 7) is 7.42. The van der Waals surface area contributed by atoms with E-state index < -0.39 is 0 Å². The summed E-state index contributed by atoms with van der Waals surface area (Å²) in [6, 6.07) is 3.79. The molecule has 1 saturated heterocycles. The number of rotatable bonds is 4. The van der Waals surface area contributed by atoms with Crippen LogP contribution in [0.4, 0.5) is 10.2 Å². The molecule has 3 nitrogen and oxygen atoms in total. The van der Waals surface area contributed by atoms with Crippen molar-refractivity contribution in [3.63, 3.8) is 0 Å². The second kappa shape index (κ2) is 6.14. The van der Waals surface area contributed by atoms with Crippen LogP contribution in [0.15, 0.2) is 18.3 Å². The maximum Gasteiger partial charge on any atom is 0.141 e. The van der Waals surface area contributed by atoms with Gasteiger partial charge in [-0.1, -0.05) is 6.92 Å². The number of hydrogen-bond acceptors (Lipinski definition) is 3. The van der Waals surface area contributed by atoms with Crippen LogP contribution in [0, 0.1) is 11.7 Å². The zero-order valence-corrected chi connectivity index (χ0v) is 11.2. The van der Waals surface area contributed by atoms with Gasteiger partial charge in [-0.3, -0.25) is 0 Å². The quantitative estimate of drug-likeness (QED) is 0.891. The van der Waals surface area contributed by atoms with Gasteiger partial charge in [0.1, 0.15) is 11.6 Å². The van der Waals surface area contributed by atoms with Gasteiger partial charge in [0.25, 0.3) is 0 Å². The first kappa shape index (κ1) is 13.3. The summed E-state index contributed by atoms with van der Waals surface area (Å²) in [5.74, 6) is 1.27. The van der Waals surface area contributed by atoms with Crippen LogP contribution in [-0.4, -0.2) is 30.7 Å². The summed E-state index contributed by atoms with van der Waals surface area (Å²) in [6.07, 6.45) is 3.73. The minimum Gasteiger partial charge on any atom is -0.356 e. The molecule has 1 fully saturated rings. The number of nitrogens with zero attached hydrogens (tertiary/aromatic N) is 2. The van der Waals surface area contributed by atoms with E-state index in [0.717, 1.165) is 25.5 Å². The average molecular weight is 251 g/mol. The first-order valence-electron chi connectivity index (χ1n) is 6.80. The molecule has 1 aromatic rings. The van der Waals surface area contributed by atoms with E-state index in [1.165, 1.54) is 25.1 Å². The monoisotopic (exact) mass is 251 g/mol. The predicted octanol–water partition coefficient (Wildman–Crippen LogP) is 2.44. The standard InChI is InChI=1S/C14H22FN3/c1-3-16-11(2)12-5-4-8-18(10-12)14-7-6-13(15)9-17-14/h6-7,9,11-12,16H,3-5,8,10H2,1-2H3. The van der Waals surface area contributed by atoms with Gasteiger partial charge in [0.2, 0.25) is 0 Å². The third-order valence-electron chi connectivity index (χ3n) is 3.73. The zero-order chi connectivity index (χ0) is 13.0. The topological polar surface area (TPSA) is 28.2 Å². The van der Waals surface area contributed by atoms with E-state index in [1.54, 1.807) is 6.07 Å².